The summed E-state index contributed by atoms with van der Waals surface area (Å²) in [5.74, 6) is 0. The minimum absolute atomic E-state index is 0.424. The molecule has 0 atom stereocenters. The minimum Gasteiger partial charge on any atom is -0.159 e. The molecule has 2 aromatic rings. The summed E-state index contributed by atoms with van der Waals surface area (Å²) < 4.78 is 0. The van der Waals surface area contributed by atoms with Crippen molar-refractivity contribution in [3.05, 3.63) is 79.8 Å². The second kappa shape index (κ2) is 10.4. The predicted octanol–water partition coefficient (Wildman–Crippen LogP) is 8.22. The lowest BCUT2D eigenvalue weighted by molar-refractivity contribution is 1.27. The fourth-order valence-electron chi connectivity index (χ4n) is 1.76. The Bertz CT molecular complexity index is 840. The standard InChI is InChI=1S/C18H10Cl6N2/c19-13(11-1-3-15(21)17(23)9-11)5-7-25-26-8-6-14(20)12-2-4-16(22)18(24)10-12/h1-10H/b13-5-,14-6-,25-7+,26-8+. The number of benzene rings is 2. The van der Waals surface area contributed by atoms with Gasteiger partial charge in [-0.2, -0.15) is 10.2 Å². The van der Waals surface area contributed by atoms with Crippen molar-refractivity contribution < 1.29 is 0 Å². The van der Waals surface area contributed by atoms with Gasteiger partial charge < -0.3 is 0 Å². The van der Waals surface area contributed by atoms with Crippen molar-refractivity contribution in [3.63, 3.8) is 0 Å². The maximum Gasteiger partial charge on any atom is 0.0598 e. The molecule has 26 heavy (non-hydrogen) atoms. The molecule has 0 aliphatic rings. The average Bonchev–Trinajstić information content (AvgIpc) is 2.62. The largest absolute Gasteiger partial charge is 0.159 e. The van der Waals surface area contributed by atoms with Crippen molar-refractivity contribution >= 4 is 92.1 Å². The maximum absolute atomic E-state index is 6.16. The van der Waals surface area contributed by atoms with Crippen LogP contribution in [0.4, 0.5) is 0 Å². The molecule has 2 aromatic carbocycles. The van der Waals surface area contributed by atoms with Crippen molar-refractivity contribution in [1.29, 1.82) is 0 Å². The zero-order valence-corrected chi connectivity index (χ0v) is 17.5. The van der Waals surface area contributed by atoms with Gasteiger partial charge in [-0.15, -0.1) is 0 Å². The Morgan fingerprint density at radius 2 is 1.00 bits per heavy atom. The minimum atomic E-state index is 0.424. The topological polar surface area (TPSA) is 24.7 Å². The van der Waals surface area contributed by atoms with E-state index in [-0.39, 0.29) is 0 Å². The first kappa shape index (κ1) is 21.3. The highest BCUT2D eigenvalue weighted by Crippen LogP contribution is 2.28. The molecule has 0 aromatic heterocycles. The summed E-state index contributed by atoms with van der Waals surface area (Å²) in [4.78, 5) is 0. The van der Waals surface area contributed by atoms with Crippen LogP contribution in [0.25, 0.3) is 10.1 Å². The average molecular weight is 467 g/mol. The van der Waals surface area contributed by atoms with E-state index >= 15 is 0 Å². The molecule has 0 bridgehead atoms. The zero-order valence-electron chi connectivity index (χ0n) is 12.9. The predicted molar refractivity (Wildman–Crippen MR) is 118 cm³/mol. The number of nitrogens with zero attached hydrogens (tertiary/aromatic N) is 2. The highest BCUT2D eigenvalue weighted by Gasteiger charge is 2.02. The number of rotatable bonds is 5. The van der Waals surface area contributed by atoms with Crippen LogP contribution in [-0.2, 0) is 0 Å². The van der Waals surface area contributed by atoms with E-state index in [1.165, 1.54) is 12.4 Å². The molecule has 8 heteroatoms. The maximum atomic E-state index is 6.16. The van der Waals surface area contributed by atoms with Gasteiger partial charge in [0.25, 0.3) is 0 Å². The van der Waals surface area contributed by atoms with E-state index < -0.39 is 0 Å². The van der Waals surface area contributed by atoms with E-state index in [0.29, 0.717) is 30.2 Å². The smallest absolute Gasteiger partial charge is 0.0598 e. The number of hydrogen-bond donors (Lipinski definition) is 0. The van der Waals surface area contributed by atoms with Gasteiger partial charge in [-0.05, 0) is 47.5 Å². The monoisotopic (exact) mass is 464 g/mol. The highest BCUT2D eigenvalue weighted by atomic mass is 35.5. The van der Waals surface area contributed by atoms with Gasteiger partial charge in [-0.3, -0.25) is 0 Å². The van der Waals surface area contributed by atoms with Crippen molar-refractivity contribution in [3.8, 4) is 0 Å². The molecule has 0 fully saturated rings. The van der Waals surface area contributed by atoms with E-state index in [2.05, 4.69) is 10.2 Å². The fraction of sp³-hybridized carbons (Fsp3) is 0. The third-order valence-electron chi connectivity index (χ3n) is 3.03. The summed E-state index contributed by atoms with van der Waals surface area (Å²) in [5.41, 5.74) is 1.44. The quantitative estimate of drug-likeness (QED) is 0.313. The molecule has 0 spiro atoms. The Balaban J connectivity index is 2.00. The summed E-state index contributed by atoms with van der Waals surface area (Å²) in [6, 6.07) is 10.2. The second-order valence-corrected chi connectivity index (χ2v) is 7.26. The van der Waals surface area contributed by atoms with Crippen molar-refractivity contribution in [2.45, 2.75) is 0 Å². The van der Waals surface area contributed by atoms with E-state index in [9.17, 15) is 0 Å². The lowest BCUT2D eigenvalue weighted by atomic mass is 10.2. The second-order valence-electron chi connectivity index (χ2n) is 4.82. The van der Waals surface area contributed by atoms with Crippen LogP contribution in [-0.4, -0.2) is 12.4 Å². The molecule has 0 aliphatic carbocycles. The van der Waals surface area contributed by atoms with Crippen LogP contribution in [0, 0.1) is 0 Å². The van der Waals surface area contributed by atoms with Crippen molar-refractivity contribution in [2.24, 2.45) is 10.2 Å². The van der Waals surface area contributed by atoms with Crippen LogP contribution in [0.1, 0.15) is 11.1 Å². The van der Waals surface area contributed by atoms with Gasteiger partial charge in [-0.1, -0.05) is 81.7 Å². The normalized spacial score (nSPS) is 13.2. The molecule has 134 valence electrons. The summed E-state index contributed by atoms with van der Waals surface area (Å²) in [6.45, 7) is 0. The van der Waals surface area contributed by atoms with Gasteiger partial charge in [0.1, 0.15) is 0 Å². The molecule has 0 saturated heterocycles. The molecule has 0 amide bonds. The van der Waals surface area contributed by atoms with Gasteiger partial charge in [0.05, 0.1) is 32.5 Å². The molecular formula is C18H10Cl6N2. The molecule has 0 N–H and O–H groups in total. The molecule has 0 unspecified atom stereocenters. The SMILES string of the molecule is Cl\C(=C/C=N/N=C/C=C(\Cl)c1ccc(Cl)c(Cl)c1)c1ccc(Cl)c(Cl)c1. The van der Waals surface area contributed by atoms with E-state index in [1.54, 1.807) is 48.6 Å². The van der Waals surface area contributed by atoms with Crippen LogP contribution in [0.2, 0.25) is 20.1 Å². The van der Waals surface area contributed by atoms with Gasteiger partial charge in [0.2, 0.25) is 0 Å². The first-order valence-electron chi connectivity index (χ1n) is 7.07. The molecule has 0 saturated carbocycles. The Morgan fingerprint density at radius 1 is 0.615 bits per heavy atom. The number of halogens is 6. The Hall–Kier alpha value is -1.000. The molecule has 0 radical (unpaired) electrons. The van der Waals surface area contributed by atoms with Gasteiger partial charge in [0, 0.05) is 10.1 Å². The molecule has 0 heterocycles. The summed E-state index contributed by atoms with van der Waals surface area (Å²) in [6.07, 6.45) is 6.07. The van der Waals surface area contributed by atoms with E-state index in [1.807, 2.05) is 0 Å². The Morgan fingerprint density at radius 3 is 1.35 bits per heavy atom. The van der Waals surface area contributed by atoms with E-state index in [4.69, 9.17) is 69.6 Å². The van der Waals surface area contributed by atoms with Crippen molar-refractivity contribution in [2.75, 3.05) is 0 Å². The molecule has 2 nitrogen and oxygen atoms in total. The lowest BCUT2D eigenvalue weighted by Gasteiger charge is -2.00. The summed E-state index contributed by atoms with van der Waals surface area (Å²) in [7, 11) is 0. The Labute approximate surface area is 181 Å². The third-order valence-corrected chi connectivity index (χ3v) is 5.20. The Kier molecular flexibility index (Phi) is 8.49. The summed E-state index contributed by atoms with van der Waals surface area (Å²) >= 11 is 35.9. The van der Waals surface area contributed by atoms with Crippen LogP contribution >= 0.6 is 69.6 Å². The molecular weight excluding hydrogens is 457 g/mol. The van der Waals surface area contributed by atoms with E-state index in [0.717, 1.165) is 11.1 Å². The fourth-order valence-corrected chi connectivity index (χ4v) is 2.70. The van der Waals surface area contributed by atoms with Crippen LogP contribution in [0.3, 0.4) is 0 Å². The number of allylic oxidation sites excluding steroid dienone is 2. The first-order valence-corrected chi connectivity index (χ1v) is 9.34. The summed E-state index contributed by atoms with van der Waals surface area (Å²) in [5, 5.41) is 10.4. The first-order chi connectivity index (χ1) is 12.4. The van der Waals surface area contributed by atoms with Crippen LogP contribution in [0.15, 0.2) is 58.8 Å². The lowest BCUT2D eigenvalue weighted by Crippen LogP contribution is -1.80. The highest BCUT2D eigenvalue weighted by molar-refractivity contribution is 6.51. The third kappa shape index (κ3) is 6.31. The van der Waals surface area contributed by atoms with Gasteiger partial charge in [-0.25, -0.2) is 0 Å². The zero-order chi connectivity index (χ0) is 19.1. The van der Waals surface area contributed by atoms with Gasteiger partial charge >= 0.3 is 0 Å². The van der Waals surface area contributed by atoms with Gasteiger partial charge in [0.15, 0.2) is 0 Å². The van der Waals surface area contributed by atoms with Crippen LogP contribution in [0.5, 0.6) is 0 Å². The van der Waals surface area contributed by atoms with Crippen LogP contribution < -0.4 is 0 Å². The number of hydrogen-bond acceptors (Lipinski definition) is 2. The molecule has 0 aliphatic heterocycles. The molecule has 2 rings (SSSR count). The van der Waals surface area contributed by atoms with Crippen molar-refractivity contribution in [1.82, 2.24) is 0 Å².